The first-order valence-electron chi connectivity index (χ1n) is 7.48. The SMILES string of the molecule is O=C(NC1CCN2CCCCC12)c1ccc(CBr)cc1. The minimum absolute atomic E-state index is 0.0727. The van der Waals surface area contributed by atoms with Gasteiger partial charge in [0.1, 0.15) is 0 Å². The summed E-state index contributed by atoms with van der Waals surface area (Å²) in [5, 5.41) is 4.07. The average molecular weight is 337 g/mol. The van der Waals surface area contributed by atoms with Crippen LogP contribution in [0.5, 0.6) is 0 Å². The van der Waals surface area contributed by atoms with E-state index >= 15 is 0 Å². The summed E-state index contributed by atoms with van der Waals surface area (Å²) < 4.78 is 0. The van der Waals surface area contributed by atoms with E-state index in [0.717, 1.165) is 23.9 Å². The van der Waals surface area contributed by atoms with E-state index in [0.29, 0.717) is 12.1 Å². The summed E-state index contributed by atoms with van der Waals surface area (Å²) in [4.78, 5) is 14.9. The van der Waals surface area contributed by atoms with Gasteiger partial charge in [-0.05, 0) is 43.5 Å². The van der Waals surface area contributed by atoms with Crippen LogP contribution in [0.2, 0.25) is 0 Å². The Labute approximate surface area is 128 Å². The van der Waals surface area contributed by atoms with Crippen molar-refractivity contribution < 1.29 is 4.79 Å². The third-order valence-corrected chi connectivity index (χ3v) is 5.19. The van der Waals surface area contributed by atoms with Gasteiger partial charge in [0.2, 0.25) is 0 Å². The quantitative estimate of drug-likeness (QED) is 0.860. The number of fused-ring (bicyclic) bond motifs is 1. The van der Waals surface area contributed by atoms with Gasteiger partial charge < -0.3 is 5.32 Å². The standard InChI is InChI=1S/C16H21BrN2O/c17-11-12-4-6-13(7-5-12)16(20)18-14-8-10-19-9-2-1-3-15(14)19/h4-7,14-15H,1-3,8-11H2,(H,18,20). The summed E-state index contributed by atoms with van der Waals surface area (Å²) >= 11 is 3.42. The van der Waals surface area contributed by atoms with Gasteiger partial charge in [0.05, 0.1) is 0 Å². The number of rotatable bonds is 3. The summed E-state index contributed by atoms with van der Waals surface area (Å²) in [6, 6.07) is 8.74. The third-order valence-electron chi connectivity index (χ3n) is 4.54. The third kappa shape index (κ3) is 2.91. The van der Waals surface area contributed by atoms with Gasteiger partial charge in [0.25, 0.3) is 5.91 Å². The topological polar surface area (TPSA) is 32.3 Å². The highest BCUT2D eigenvalue weighted by Crippen LogP contribution is 2.27. The summed E-state index contributed by atoms with van der Waals surface area (Å²) in [5.41, 5.74) is 1.96. The monoisotopic (exact) mass is 336 g/mol. The molecule has 0 bridgehead atoms. The number of hydrogen-bond donors (Lipinski definition) is 1. The van der Waals surface area contributed by atoms with E-state index in [1.807, 2.05) is 24.3 Å². The molecule has 1 amide bonds. The van der Waals surface area contributed by atoms with Crippen molar-refractivity contribution in [1.29, 1.82) is 0 Å². The van der Waals surface area contributed by atoms with Crippen LogP contribution < -0.4 is 5.32 Å². The van der Waals surface area contributed by atoms with Crippen LogP contribution in [0.3, 0.4) is 0 Å². The summed E-state index contributed by atoms with van der Waals surface area (Å²) in [7, 11) is 0. The van der Waals surface area contributed by atoms with Crippen molar-refractivity contribution in [1.82, 2.24) is 10.2 Å². The Bertz CT molecular complexity index is 474. The molecular formula is C16H21BrN2O. The van der Waals surface area contributed by atoms with Crippen molar-refractivity contribution >= 4 is 21.8 Å². The van der Waals surface area contributed by atoms with Gasteiger partial charge in [-0.2, -0.15) is 0 Å². The molecule has 2 heterocycles. The van der Waals surface area contributed by atoms with Crippen LogP contribution in [0, 0.1) is 0 Å². The highest BCUT2D eigenvalue weighted by atomic mass is 79.9. The molecule has 3 rings (SSSR count). The smallest absolute Gasteiger partial charge is 0.251 e. The van der Waals surface area contributed by atoms with E-state index in [9.17, 15) is 4.79 Å². The van der Waals surface area contributed by atoms with Gasteiger partial charge in [-0.25, -0.2) is 0 Å². The molecule has 1 aromatic rings. The zero-order chi connectivity index (χ0) is 13.9. The molecule has 0 spiro atoms. The first-order chi connectivity index (χ1) is 9.78. The Morgan fingerprint density at radius 3 is 2.75 bits per heavy atom. The largest absolute Gasteiger partial charge is 0.348 e. The molecule has 2 fully saturated rings. The lowest BCUT2D eigenvalue weighted by molar-refractivity contribution is 0.0915. The van der Waals surface area contributed by atoms with Crippen LogP contribution in [-0.4, -0.2) is 36.0 Å². The molecular weight excluding hydrogens is 316 g/mol. The molecule has 3 nitrogen and oxygen atoms in total. The maximum absolute atomic E-state index is 12.3. The number of nitrogens with zero attached hydrogens (tertiary/aromatic N) is 1. The number of carbonyl (C=O) groups excluding carboxylic acids is 1. The van der Waals surface area contributed by atoms with E-state index in [-0.39, 0.29) is 5.91 Å². The number of nitrogens with one attached hydrogen (secondary N) is 1. The maximum atomic E-state index is 12.3. The molecule has 0 aromatic heterocycles. The van der Waals surface area contributed by atoms with Crippen LogP contribution in [0.25, 0.3) is 0 Å². The van der Waals surface area contributed by atoms with Crippen LogP contribution in [-0.2, 0) is 5.33 Å². The van der Waals surface area contributed by atoms with Crippen molar-refractivity contribution in [3.63, 3.8) is 0 Å². The van der Waals surface area contributed by atoms with Crippen molar-refractivity contribution in [2.24, 2.45) is 0 Å². The maximum Gasteiger partial charge on any atom is 0.251 e. The zero-order valence-corrected chi connectivity index (χ0v) is 13.2. The number of hydrogen-bond acceptors (Lipinski definition) is 2. The van der Waals surface area contributed by atoms with Crippen LogP contribution in [0.1, 0.15) is 41.6 Å². The minimum Gasteiger partial charge on any atom is -0.348 e. The Morgan fingerprint density at radius 1 is 1.20 bits per heavy atom. The van der Waals surface area contributed by atoms with Crippen molar-refractivity contribution in [3.8, 4) is 0 Å². The average Bonchev–Trinajstić information content (AvgIpc) is 2.91. The molecule has 2 saturated heterocycles. The van der Waals surface area contributed by atoms with Gasteiger partial charge in [-0.15, -0.1) is 0 Å². The Kier molecular flexibility index (Phi) is 4.41. The normalized spacial score (nSPS) is 26.2. The van der Waals surface area contributed by atoms with Gasteiger partial charge in [-0.1, -0.05) is 34.5 Å². The number of benzene rings is 1. The number of piperidine rings is 1. The van der Waals surface area contributed by atoms with Crippen molar-refractivity contribution in [2.45, 2.75) is 43.1 Å². The lowest BCUT2D eigenvalue weighted by Gasteiger charge is -2.32. The molecule has 0 radical (unpaired) electrons. The molecule has 2 aliphatic heterocycles. The number of amides is 1. The highest BCUT2D eigenvalue weighted by Gasteiger charge is 2.36. The number of carbonyl (C=O) groups is 1. The molecule has 2 atom stereocenters. The van der Waals surface area contributed by atoms with Crippen LogP contribution >= 0.6 is 15.9 Å². The molecule has 1 aromatic carbocycles. The van der Waals surface area contributed by atoms with Crippen molar-refractivity contribution in [3.05, 3.63) is 35.4 Å². The second-order valence-corrected chi connectivity index (χ2v) is 6.36. The molecule has 0 saturated carbocycles. The Hall–Kier alpha value is -0.870. The van der Waals surface area contributed by atoms with E-state index in [4.69, 9.17) is 0 Å². The van der Waals surface area contributed by atoms with Crippen LogP contribution in [0.4, 0.5) is 0 Å². The molecule has 108 valence electrons. The minimum atomic E-state index is 0.0727. The predicted octanol–water partition coefficient (Wildman–Crippen LogP) is 2.94. The lowest BCUT2D eigenvalue weighted by Crippen LogP contribution is -2.46. The lowest BCUT2D eigenvalue weighted by atomic mass is 9.98. The zero-order valence-electron chi connectivity index (χ0n) is 11.6. The molecule has 1 N–H and O–H groups in total. The Morgan fingerprint density at radius 2 is 2.00 bits per heavy atom. The second kappa shape index (κ2) is 6.27. The molecule has 2 unspecified atom stereocenters. The fourth-order valence-corrected chi connectivity index (χ4v) is 3.79. The first kappa shape index (κ1) is 14.1. The number of alkyl halides is 1. The fourth-order valence-electron chi connectivity index (χ4n) is 3.41. The molecule has 20 heavy (non-hydrogen) atoms. The summed E-state index contributed by atoms with van der Waals surface area (Å²) in [5.74, 6) is 0.0727. The molecule has 2 aliphatic rings. The molecule has 4 heteroatoms. The predicted molar refractivity (Wildman–Crippen MR) is 84.2 cm³/mol. The summed E-state index contributed by atoms with van der Waals surface area (Å²) in [6.45, 7) is 2.34. The summed E-state index contributed by atoms with van der Waals surface area (Å²) in [6.07, 6.45) is 4.93. The van der Waals surface area contributed by atoms with Gasteiger partial charge in [0, 0.05) is 29.5 Å². The highest BCUT2D eigenvalue weighted by molar-refractivity contribution is 9.08. The van der Waals surface area contributed by atoms with Gasteiger partial charge >= 0.3 is 0 Å². The number of halogens is 1. The first-order valence-corrected chi connectivity index (χ1v) is 8.60. The van der Waals surface area contributed by atoms with E-state index in [1.165, 1.54) is 31.4 Å². The van der Waals surface area contributed by atoms with Gasteiger partial charge in [-0.3, -0.25) is 9.69 Å². The van der Waals surface area contributed by atoms with E-state index in [2.05, 4.69) is 26.1 Å². The van der Waals surface area contributed by atoms with Crippen LogP contribution in [0.15, 0.2) is 24.3 Å². The van der Waals surface area contributed by atoms with E-state index < -0.39 is 0 Å². The van der Waals surface area contributed by atoms with Crippen molar-refractivity contribution in [2.75, 3.05) is 13.1 Å². The molecule has 0 aliphatic carbocycles. The Balaban J connectivity index is 1.63. The second-order valence-electron chi connectivity index (χ2n) is 5.80. The van der Waals surface area contributed by atoms with Gasteiger partial charge in [0.15, 0.2) is 0 Å². The fraction of sp³-hybridized carbons (Fsp3) is 0.562. The van der Waals surface area contributed by atoms with E-state index in [1.54, 1.807) is 0 Å².